The predicted octanol–water partition coefficient (Wildman–Crippen LogP) is 11.8. The van der Waals surface area contributed by atoms with Crippen LogP contribution in [0.4, 0.5) is 0 Å². The molecule has 0 saturated carbocycles. The second-order valence-corrected chi connectivity index (χ2v) is 15.3. The lowest BCUT2D eigenvalue weighted by molar-refractivity contribution is 0.458. The topological polar surface area (TPSA) is 83.2 Å². The molecule has 226 valence electrons. The fourth-order valence-electron chi connectivity index (χ4n) is 4.09. The van der Waals surface area contributed by atoms with Gasteiger partial charge in [0.05, 0.1) is 0 Å². The molecule has 6 rings (SSSR count). The van der Waals surface area contributed by atoms with E-state index in [0.29, 0.717) is 28.7 Å². The Morgan fingerprint density at radius 2 is 0.844 bits per heavy atom. The van der Waals surface area contributed by atoms with Gasteiger partial charge in [-0.2, -0.15) is 0 Å². The van der Waals surface area contributed by atoms with Crippen LogP contribution >= 0.6 is 23.4 Å². The zero-order valence-electron chi connectivity index (χ0n) is 24.1. The fraction of sp³-hybridized carbons (Fsp3) is 0. The molecule has 3 atom stereocenters. The molecule has 1 heterocycles. The van der Waals surface area contributed by atoms with Crippen molar-refractivity contribution in [3.63, 3.8) is 0 Å². The maximum Gasteiger partial charge on any atom is 0.457 e. The van der Waals surface area contributed by atoms with E-state index in [-0.39, 0.29) is 0 Å². The van der Waals surface area contributed by atoms with Gasteiger partial charge in [-0.3, -0.25) is 0 Å². The molecule has 8 nitrogen and oxygen atoms in total. The number of hydrogen-bond acceptors (Lipinski definition) is 8. The van der Waals surface area contributed by atoms with Gasteiger partial charge in [0.25, 0.3) is 8.09 Å². The summed E-state index contributed by atoms with van der Waals surface area (Å²) in [5.41, 5.74) is 1.87. The average molecular weight is 654 g/mol. The molecule has 0 radical (unpaired) electrons. The molecule has 5 aromatic carbocycles. The minimum absolute atomic E-state index is 0.494. The van der Waals surface area contributed by atoms with Gasteiger partial charge in [0.15, 0.2) is 0 Å². The van der Waals surface area contributed by atoms with Crippen molar-refractivity contribution in [2.45, 2.75) is 0 Å². The molecule has 0 saturated heterocycles. The second-order valence-electron chi connectivity index (χ2n) is 9.51. The highest BCUT2D eigenvalue weighted by Gasteiger charge is 2.41. The standard InChI is InChI=1S/C34H30N3O5P3/c1-3-28-20-24-33(25-21-28)41-44(39-31-16-10-6-11-17-31)35-43(38-30-14-8-5-9-15-30)36-45(37-44,40-32-18-12-7-13-19-32)42-34-26-22-29(4-2)23-27-34/h3-27,43H,1-2H2. The molecule has 1 aliphatic heterocycles. The first kappa shape index (κ1) is 30.3. The van der Waals surface area contributed by atoms with Gasteiger partial charge in [0, 0.05) is 0 Å². The Morgan fingerprint density at radius 1 is 0.467 bits per heavy atom. The summed E-state index contributed by atoms with van der Waals surface area (Å²) in [7, 11) is -9.75. The third-order valence-electron chi connectivity index (χ3n) is 6.22. The third-order valence-corrected chi connectivity index (χ3v) is 13.6. The molecular weight excluding hydrogens is 623 g/mol. The number of rotatable bonds is 12. The summed E-state index contributed by atoms with van der Waals surface area (Å²) in [5.74, 6) is 2.60. The highest BCUT2D eigenvalue weighted by atomic mass is 31.3. The largest absolute Gasteiger partial charge is 0.457 e. The highest BCUT2D eigenvalue weighted by molar-refractivity contribution is 7.75. The van der Waals surface area contributed by atoms with Crippen LogP contribution in [-0.4, -0.2) is 0 Å². The minimum atomic E-state index is -3.63. The van der Waals surface area contributed by atoms with Gasteiger partial charge in [-0.15, -0.1) is 9.03 Å². The van der Waals surface area contributed by atoms with Crippen molar-refractivity contribution in [1.82, 2.24) is 0 Å². The van der Waals surface area contributed by atoms with E-state index in [4.69, 9.17) is 36.2 Å². The summed E-state index contributed by atoms with van der Waals surface area (Å²) in [6, 6.07) is 42.7. The maximum atomic E-state index is 6.64. The van der Waals surface area contributed by atoms with Crippen LogP contribution in [-0.2, 0) is 0 Å². The molecule has 3 unspecified atom stereocenters. The molecule has 0 spiro atoms. The predicted molar refractivity (Wildman–Crippen MR) is 185 cm³/mol. The SMILES string of the molecule is C=Cc1ccc(OP2(Oc3ccccc3)=N[PH](Oc3ccccc3)=NP(Oc3ccccc3)(Oc3ccc(C=C)cc3)=N2)cc1. The molecular formula is C34H30N3O5P3. The smallest absolute Gasteiger partial charge is 0.443 e. The van der Waals surface area contributed by atoms with Crippen LogP contribution in [0.3, 0.4) is 0 Å². The Bertz CT molecular complexity index is 1820. The van der Waals surface area contributed by atoms with E-state index in [2.05, 4.69) is 13.2 Å². The Kier molecular flexibility index (Phi) is 9.38. The molecule has 45 heavy (non-hydrogen) atoms. The Balaban J connectivity index is 1.57. The lowest BCUT2D eigenvalue weighted by Gasteiger charge is -2.29. The molecule has 0 aliphatic carbocycles. The summed E-state index contributed by atoms with van der Waals surface area (Å²) in [5, 5.41) is 0. The van der Waals surface area contributed by atoms with Crippen LogP contribution in [0.2, 0.25) is 0 Å². The second kappa shape index (κ2) is 13.9. The molecule has 1 aliphatic rings. The van der Waals surface area contributed by atoms with Gasteiger partial charge in [-0.25, -0.2) is 0 Å². The van der Waals surface area contributed by atoms with E-state index >= 15 is 0 Å². The van der Waals surface area contributed by atoms with Crippen LogP contribution in [0, 0.1) is 0 Å². The molecule has 0 amide bonds. The molecule has 0 N–H and O–H groups in total. The third kappa shape index (κ3) is 7.87. The van der Waals surface area contributed by atoms with Crippen LogP contribution in [0.25, 0.3) is 12.2 Å². The van der Waals surface area contributed by atoms with Crippen molar-refractivity contribution in [2.75, 3.05) is 0 Å². The van der Waals surface area contributed by atoms with E-state index in [1.54, 1.807) is 12.2 Å². The van der Waals surface area contributed by atoms with E-state index in [0.717, 1.165) is 11.1 Å². The van der Waals surface area contributed by atoms with Crippen molar-refractivity contribution < 1.29 is 22.6 Å². The maximum absolute atomic E-state index is 6.64. The summed E-state index contributed by atoms with van der Waals surface area (Å²) >= 11 is 0. The zero-order valence-corrected chi connectivity index (χ0v) is 26.9. The number of benzene rings is 5. The van der Waals surface area contributed by atoms with Crippen molar-refractivity contribution in [3.05, 3.63) is 164 Å². The van der Waals surface area contributed by atoms with E-state index in [1.165, 1.54) is 0 Å². The summed E-state index contributed by atoms with van der Waals surface area (Å²) in [6.45, 7) is 7.70. The lowest BCUT2D eigenvalue weighted by Crippen LogP contribution is -2.06. The summed E-state index contributed by atoms with van der Waals surface area (Å²) < 4.78 is 48.0. The highest BCUT2D eigenvalue weighted by Crippen LogP contribution is 2.73. The lowest BCUT2D eigenvalue weighted by atomic mass is 10.2. The van der Waals surface area contributed by atoms with Gasteiger partial charge in [-0.1, -0.05) is 109 Å². The molecule has 0 fully saturated rings. The number of hydrogen-bond donors (Lipinski definition) is 0. The van der Waals surface area contributed by atoms with Crippen molar-refractivity contribution in [2.24, 2.45) is 13.5 Å². The van der Waals surface area contributed by atoms with Crippen molar-refractivity contribution in [3.8, 4) is 28.7 Å². The quantitative estimate of drug-likeness (QED) is 0.125. The minimum Gasteiger partial charge on any atom is -0.443 e. The van der Waals surface area contributed by atoms with Crippen LogP contribution in [0.5, 0.6) is 28.7 Å². The Labute approximate surface area is 263 Å². The monoisotopic (exact) mass is 653 g/mol. The molecule has 0 bridgehead atoms. The van der Waals surface area contributed by atoms with Gasteiger partial charge in [-0.05, 0) is 71.8 Å². The summed E-state index contributed by atoms with van der Waals surface area (Å²) in [6.07, 6.45) is 3.52. The van der Waals surface area contributed by atoms with Gasteiger partial charge in [0.2, 0.25) is 0 Å². The average Bonchev–Trinajstić information content (AvgIpc) is 3.06. The van der Waals surface area contributed by atoms with Crippen LogP contribution in [0.15, 0.2) is 166 Å². The number of nitrogens with zero attached hydrogens (tertiary/aromatic N) is 3. The van der Waals surface area contributed by atoms with Crippen molar-refractivity contribution >= 4 is 35.6 Å². The first-order valence-corrected chi connectivity index (χ1v) is 18.3. The van der Waals surface area contributed by atoms with E-state index in [9.17, 15) is 0 Å². The fourth-order valence-corrected chi connectivity index (χ4v) is 12.1. The van der Waals surface area contributed by atoms with Crippen molar-refractivity contribution in [1.29, 1.82) is 0 Å². The summed E-state index contributed by atoms with van der Waals surface area (Å²) in [4.78, 5) is 0. The molecule has 0 aromatic heterocycles. The number of para-hydroxylation sites is 3. The first-order chi connectivity index (χ1) is 22.0. The van der Waals surface area contributed by atoms with Gasteiger partial charge >= 0.3 is 15.3 Å². The molecule has 5 aromatic rings. The van der Waals surface area contributed by atoms with Crippen LogP contribution in [0.1, 0.15) is 11.1 Å². The normalized spacial score (nSPS) is 20.2. The molecule has 11 heteroatoms. The Morgan fingerprint density at radius 3 is 1.27 bits per heavy atom. The Hall–Kier alpha value is -4.73. The van der Waals surface area contributed by atoms with Crippen LogP contribution < -0.4 is 22.6 Å². The zero-order chi connectivity index (χ0) is 31.0. The first-order valence-electron chi connectivity index (χ1n) is 14.0. The van der Waals surface area contributed by atoms with Gasteiger partial charge in [0.1, 0.15) is 28.7 Å². The van der Waals surface area contributed by atoms with Gasteiger partial charge < -0.3 is 22.6 Å². The van der Waals surface area contributed by atoms with E-state index < -0.39 is 23.4 Å². The van der Waals surface area contributed by atoms with E-state index in [1.807, 2.05) is 140 Å².